The van der Waals surface area contributed by atoms with Crippen molar-refractivity contribution in [3.05, 3.63) is 47.0 Å². The molecule has 1 atom stereocenters. The van der Waals surface area contributed by atoms with E-state index in [0.717, 1.165) is 34.8 Å². The number of hydrogen-bond acceptors (Lipinski definition) is 4. The fraction of sp³-hybridized carbons (Fsp3) is 0.294. The molecule has 4 rings (SSSR count). The molecule has 0 aromatic heterocycles. The summed E-state index contributed by atoms with van der Waals surface area (Å²) >= 11 is 0. The third kappa shape index (κ3) is 1.98. The normalized spacial score (nSPS) is 19.0. The van der Waals surface area contributed by atoms with Gasteiger partial charge in [-0.1, -0.05) is 12.1 Å². The van der Waals surface area contributed by atoms with E-state index in [1.165, 1.54) is 5.56 Å². The van der Waals surface area contributed by atoms with Crippen molar-refractivity contribution in [3.63, 3.8) is 0 Å². The van der Waals surface area contributed by atoms with E-state index in [0.29, 0.717) is 13.4 Å². The fourth-order valence-electron chi connectivity index (χ4n) is 2.99. The predicted molar refractivity (Wildman–Crippen MR) is 77.3 cm³/mol. The highest BCUT2D eigenvalue weighted by molar-refractivity contribution is 5.51. The third-order valence-corrected chi connectivity index (χ3v) is 4.22. The molecule has 1 N–H and O–H groups in total. The summed E-state index contributed by atoms with van der Waals surface area (Å²) in [5, 5.41) is 9.75. The Balaban J connectivity index is 1.65. The van der Waals surface area contributed by atoms with Crippen LogP contribution in [0, 0.1) is 6.92 Å². The van der Waals surface area contributed by atoms with Crippen molar-refractivity contribution in [1.29, 1.82) is 0 Å². The first-order valence-corrected chi connectivity index (χ1v) is 7.06. The molecule has 0 aliphatic carbocycles. The molecule has 4 nitrogen and oxygen atoms in total. The van der Waals surface area contributed by atoms with Crippen LogP contribution in [0.25, 0.3) is 0 Å². The fourth-order valence-corrected chi connectivity index (χ4v) is 2.99. The molecule has 21 heavy (non-hydrogen) atoms. The lowest BCUT2D eigenvalue weighted by molar-refractivity contribution is 0.174. The quantitative estimate of drug-likeness (QED) is 0.874. The number of phenolic OH excluding ortho intramolecular Hbond substituents is 1. The second-order valence-corrected chi connectivity index (χ2v) is 5.52. The van der Waals surface area contributed by atoms with Crippen LogP contribution < -0.4 is 14.2 Å². The molecule has 0 radical (unpaired) electrons. The van der Waals surface area contributed by atoms with Gasteiger partial charge in [0.05, 0.1) is 6.61 Å². The van der Waals surface area contributed by atoms with Crippen molar-refractivity contribution in [2.45, 2.75) is 19.3 Å². The van der Waals surface area contributed by atoms with Crippen molar-refractivity contribution < 1.29 is 19.3 Å². The SMILES string of the molecule is Cc1c(O)ccc2c1OCC(c1ccc3c(c1)OCO3)C2. The Hall–Kier alpha value is -2.36. The first kappa shape index (κ1) is 12.4. The van der Waals surface area contributed by atoms with Crippen molar-refractivity contribution in [2.75, 3.05) is 13.4 Å². The minimum Gasteiger partial charge on any atom is -0.508 e. The summed E-state index contributed by atoms with van der Waals surface area (Å²) in [6.45, 7) is 2.78. The molecule has 1 unspecified atom stereocenters. The highest BCUT2D eigenvalue weighted by Crippen LogP contribution is 2.40. The smallest absolute Gasteiger partial charge is 0.231 e. The third-order valence-electron chi connectivity index (χ3n) is 4.22. The van der Waals surface area contributed by atoms with Gasteiger partial charge in [-0.15, -0.1) is 0 Å². The molecule has 108 valence electrons. The zero-order chi connectivity index (χ0) is 14.4. The molecule has 2 aromatic carbocycles. The number of phenols is 1. The van der Waals surface area contributed by atoms with Crippen molar-refractivity contribution in [3.8, 4) is 23.0 Å². The van der Waals surface area contributed by atoms with Crippen molar-refractivity contribution in [1.82, 2.24) is 0 Å². The summed E-state index contributed by atoms with van der Waals surface area (Å²) in [6, 6.07) is 9.74. The first-order chi connectivity index (χ1) is 10.2. The summed E-state index contributed by atoms with van der Waals surface area (Å²) in [5.74, 6) is 3.01. The summed E-state index contributed by atoms with van der Waals surface area (Å²) in [5.41, 5.74) is 3.14. The van der Waals surface area contributed by atoms with Crippen LogP contribution in [0.15, 0.2) is 30.3 Å². The molecular weight excluding hydrogens is 268 g/mol. The Kier molecular flexibility index (Phi) is 2.70. The van der Waals surface area contributed by atoms with Crippen LogP contribution in [-0.2, 0) is 6.42 Å². The van der Waals surface area contributed by atoms with Gasteiger partial charge in [0.15, 0.2) is 11.5 Å². The molecule has 2 aromatic rings. The number of ether oxygens (including phenoxy) is 3. The van der Waals surface area contributed by atoms with E-state index in [9.17, 15) is 5.11 Å². The topological polar surface area (TPSA) is 47.9 Å². The minimum absolute atomic E-state index is 0.287. The Morgan fingerprint density at radius 2 is 1.90 bits per heavy atom. The Morgan fingerprint density at radius 1 is 1.05 bits per heavy atom. The summed E-state index contributed by atoms with van der Waals surface area (Å²) in [4.78, 5) is 0. The number of aromatic hydroxyl groups is 1. The maximum atomic E-state index is 9.75. The lowest BCUT2D eigenvalue weighted by Gasteiger charge is -2.27. The summed E-state index contributed by atoms with van der Waals surface area (Å²) < 4.78 is 16.7. The molecular formula is C17H16O4. The van der Waals surface area contributed by atoms with Crippen molar-refractivity contribution in [2.24, 2.45) is 0 Å². The highest BCUT2D eigenvalue weighted by Gasteiger charge is 2.25. The van der Waals surface area contributed by atoms with Gasteiger partial charge in [-0.3, -0.25) is 0 Å². The number of rotatable bonds is 1. The van der Waals surface area contributed by atoms with Crippen LogP contribution in [0.4, 0.5) is 0 Å². The van der Waals surface area contributed by atoms with Gasteiger partial charge >= 0.3 is 0 Å². The van der Waals surface area contributed by atoms with Gasteiger partial charge < -0.3 is 19.3 Å². The Labute approximate surface area is 122 Å². The zero-order valence-corrected chi connectivity index (χ0v) is 11.8. The number of hydrogen-bond donors (Lipinski definition) is 1. The molecule has 2 heterocycles. The molecule has 0 saturated heterocycles. The second-order valence-electron chi connectivity index (χ2n) is 5.52. The average molecular weight is 284 g/mol. The monoisotopic (exact) mass is 284 g/mol. The van der Waals surface area contributed by atoms with Gasteiger partial charge in [-0.2, -0.15) is 0 Å². The maximum Gasteiger partial charge on any atom is 0.231 e. The second kappa shape index (κ2) is 4.58. The van der Waals surface area contributed by atoms with Crippen LogP contribution in [-0.4, -0.2) is 18.5 Å². The van der Waals surface area contributed by atoms with Gasteiger partial charge in [0.1, 0.15) is 11.5 Å². The van der Waals surface area contributed by atoms with Crippen LogP contribution in [0.3, 0.4) is 0 Å². The van der Waals surface area contributed by atoms with E-state index in [-0.39, 0.29) is 11.7 Å². The molecule has 2 aliphatic heterocycles. The maximum absolute atomic E-state index is 9.75. The van der Waals surface area contributed by atoms with E-state index in [1.807, 2.05) is 25.1 Å². The molecule has 4 heteroatoms. The van der Waals surface area contributed by atoms with E-state index in [1.54, 1.807) is 6.07 Å². The molecule has 0 amide bonds. The summed E-state index contributed by atoms with van der Waals surface area (Å²) in [6.07, 6.45) is 0.899. The highest BCUT2D eigenvalue weighted by atomic mass is 16.7. The zero-order valence-electron chi connectivity index (χ0n) is 11.8. The van der Waals surface area contributed by atoms with E-state index >= 15 is 0 Å². The standard InChI is InChI=1S/C17H16O4/c1-10-14(18)4-2-12-6-13(8-19-17(10)12)11-3-5-15-16(7-11)21-9-20-15/h2-5,7,13,18H,6,8-9H2,1H3. The Morgan fingerprint density at radius 3 is 2.81 bits per heavy atom. The van der Waals surface area contributed by atoms with E-state index < -0.39 is 0 Å². The van der Waals surface area contributed by atoms with Gasteiger partial charge in [0, 0.05) is 11.5 Å². The predicted octanol–water partition coefficient (Wildman–Crippen LogP) is 3.15. The van der Waals surface area contributed by atoms with Gasteiger partial charge in [-0.25, -0.2) is 0 Å². The molecule has 2 aliphatic rings. The molecule has 0 fully saturated rings. The van der Waals surface area contributed by atoms with Crippen LogP contribution in [0.5, 0.6) is 23.0 Å². The van der Waals surface area contributed by atoms with Crippen molar-refractivity contribution >= 4 is 0 Å². The van der Waals surface area contributed by atoms with Gasteiger partial charge in [0.2, 0.25) is 6.79 Å². The molecule has 0 spiro atoms. The number of fused-ring (bicyclic) bond motifs is 2. The van der Waals surface area contributed by atoms with Crippen LogP contribution >= 0.6 is 0 Å². The first-order valence-electron chi connectivity index (χ1n) is 7.06. The number of benzene rings is 2. The average Bonchev–Trinajstić information content (AvgIpc) is 2.98. The lowest BCUT2D eigenvalue weighted by Crippen LogP contribution is -2.19. The molecule has 0 bridgehead atoms. The summed E-state index contributed by atoms with van der Waals surface area (Å²) in [7, 11) is 0. The van der Waals surface area contributed by atoms with Crippen LogP contribution in [0.1, 0.15) is 22.6 Å². The van der Waals surface area contributed by atoms with Gasteiger partial charge in [-0.05, 0) is 42.7 Å². The largest absolute Gasteiger partial charge is 0.508 e. The van der Waals surface area contributed by atoms with E-state index in [2.05, 4.69) is 6.07 Å². The van der Waals surface area contributed by atoms with Crippen LogP contribution in [0.2, 0.25) is 0 Å². The van der Waals surface area contributed by atoms with Gasteiger partial charge in [0.25, 0.3) is 0 Å². The minimum atomic E-state index is 0.287. The lowest BCUT2D eigenvalue weighted by atomic mass is 9.89. The molecule has 0 saturated carbocycles. The Bertz CT molecular complexity index is 708. The van der Waals surface area contributed by atoms with E-state index in [4.69, 9.17) is 14.2 Å².